The topological polar surface area (TPSA) is 95.1 Å². The minimum Gasteiger partial charge on any atom is -0.369 e. The summed E-state index contributed by atoms with van der Waals surface area (Å²) in [5.74, 6) is 1.32. The fraction of sp³-hybridized carbons (Fsp3) is 0.579. The highest BCUT2D eigenvalue weighted by Crippen LogP contribution is 2.26. The zero-order valence-corrected chi connectivity index (χ0v) is 16.6. The number of aryl methyl sites for hydroxylation is 2. The predicted octanol–water partition coefficient (Wildman–Crippen LogP) is 1.70. The maximum atomic E-state index is 11.5. The van der Waals surface area contributed by atoms with E-state index < -0.39 is 0 Å². The Bertz CT molecular complexity index is 815. The van der Waals surface area contributed by atoms with E-state index in [2.05, 4.69) is 37.9 Å². The van der Waals surface area contributed by atoms with Crippen LogP contribution in [0.4, 0.5) is 11.8 Å². The lowest BCUT2D eigenvalue weighted by molar-refractivity contribution is -0.120. The van der Waals surface area contributed by atoms with E-state index in [0.29, 0.717) is 30.6 Å². The number of piperidine rings is 1. The molecule has 8 nitrogen and oxygen atoms in total. The molecule has 1 aliphatic rings. The molecule has 3 heterocycles. The number of carbonyl (C=O) groups excluding carboxylic acids is 1. The molecule has 8 heteroatoms. The average Bonchev–Trinajstić information content (AvgIpc) is 2.62. The van der Waals surface area contributed by atoms with Gasteiger partial charge in [-0.2, -0.15) is 9.97 Å². The van der Waals surface area contributed by atoms with Crippen molar-refractivity contribution in [2.75, 3.05) is 44.4 Å². The third-order valence-corrected chi connectivity index (χ3v) is 4.97. The van der Waals surface area contributed by atoms with E-state index in [1.54, 1.807) is 7.05 Å². The maximum Gasteiger partial charge on any atom is 0.226 e. The second-order valence-corrected chi connectivity index (χ2v) is 7.25. The lowest BCUT2D eigenvalue weighted by Gasteiger charge is -2.29. The number of carbonyl (C=O) groups is 1. The fourth-order valence-corrected chi connectivity index (χ4v) is 3.43. The summed E-state index contributed by atoms with van der Waals surface area (Å²) in [4.78, 5) is 27.8. The lowest BCUT2D eigenvalue weighted by atomic mass is 10.1. The van der Waals surface area contributed by atoms with Gasteiger partial charge in [-0.15, -0.1) is 0 Å². The number of nitrogens with one attached hydrogen (secondary N) is 3. The first-order chi connectivity index (χ1) is 13.0. The van der Waals surface area contributed by atoms with Gasteiger partial charge in [0.2, 0.25) is 11.9 Å². The first kappa shape index (κ1) is 19.3. The number of likely N-dealkylation sites (tertiary alicyclic amines) is 1. The second kappa shape index (κ2) is 8.47. The Morgan fingerprint density at radius 1 is 1.22 bits per heavy atom. The number of hydrogen-bond acceptors (Lipinski definition) is 7. The number of pyridine rings is 1. The fourth-order valence-electron chi connectivity index (χ4n) is 3.43. The Morgan fingerprint density at radius 2 is 1.96 bits per heavy atom. The summed E-state index contributed by atoms with van der Waals surface area (Å²) in [7, 11) is 3.79. The quantitative estimate of drug-likeness (QED) is 0.711. The highest BCUT2D eigenvalue weighted by atomic mass is 16.1. The van der Waals surface area contributed by atoms with Crippen molar-refractivity contribution in [3.8, 4) is 0 Å². The highest BCUT2D eigenvalue weighted by Gasteiger charge is 2.19. The molecule has 2 aromatic rings. The van der Waals surface area contributed by atoms with Crippen LogP contribution in [0, 0.1) is 13.8 Å². The predicted molar refractivity (Wildman–Crippen MR) is 108 cm³/mol. The van der Waals surface area contributed by atoms with Gasteiger partial charge < -0.3 is 20.9 Å². The Kier molecular flexibility index (Phi) is 6.05. The summed E-state index contributed by atoms with van der Waals surface area (Å²) >= 11 is 0. The van der Waals surface area contributed by atoms with Crippen molar-refractivity contribution in [3.63, 3.8) is 0 Å². The number of anilines is 2. The Balaban J connectivity index is 1.86. The number of rotatable bonds is 6. The third-order valence-electron chi connectivity index (χ3n) is 4.97. The average molecular weight is 371 g/mol. The largest absolute Gasteiger partial charge is 0.369 e. The van der Waals surface area contributed by atoms with Crippen molar-refractivity contribution in [1.29, 1.82) is 0 Å². The number of amides is 1. The zero-order valence-electron chi connectivity index (χ0n) is 16.6. The molecule has 1 aliphatic heterocycles. The molecule has 0 atom stereocenters. The standard InChI is InChI=1S/C19H29N7O/c1-12-11-13(2)22-18-16(12)17(21-8-5-15(27)20-3)24-19(25-18)23-14-6-9-26(4)10-7-14/h11,14H,5-10H2,1-4H3,(H,20,27)(H2,21,22,23,24,25). The minimum atomic E-state index is -0.00349. The zero-order chi connectivity index (χ0) is 19.4. The summed E-state index contributed by atoms with van der Waals surface area (Å²) in [5, 5.41) is 10.3. The van der Waals surface area contributed by atoms with Gasteiger partial charge in [0, 0.05) is 31.7 Å². The van der Waals surface area contributed by atoms with Gasteiger partial charge >= 0.3 is 0 Å². The van der Waals surface area contributed by atoms with Gasteiger partial charge in [-0.3, -0.25) is 4.79 Å². The van der Waals surface area contributed by atoms with Crippen molar-refractivity contribution < 1.29 is 4.79 Å². The molecular formula is C19H29N7O. The molecule has 2 aromatic heterocycles. The minimum absolute atomic E-state index is 0.00349. The number of hydrogen-bond donors (Lipinski definition) is 3. The Hall–Kier alpha value is -2.48. The van der Waals surface area contributed by atoms with Crippen molar-refractivity contribution >= 4 is 28.7 Å². The molecule has 3 N–H and O–H groups in total. The van der Waals surface area contributed by atoms with Crippen molar-refractivity contribution in [3.05, 3.63) is 17.3 Å². The van der Waals surface area contributed by atoms with Gasteiger partial charge in [-0.1, -0.05) is 0 Å². The molecule has 0 unspecified atom stereocenters. The van der Waals surface area contributed by atoms with Crippen LogP contribution in [0.1, 0.15) is 30.5 Å². The van der Waals surface area contributed by atoms with Crippen LogP contribution in [-0.4, -0.2) is 65.5 Å². The summed E-state index contributed by atoms with van der Waals surface area (Å²) in [6.07, 6.45) is 2.52. The van der Waals surface area contributed by atoms with Crippen LogP contribution < -0.4 is 16.0 Å². The van der Waals surface area contributed by atoms with Crippen molar-refractivity contribution in [2.45, 2.75) is 39.2 Å². The number of aromatic nitrogens is 3. The highest BCUT2D eigenvalue weighted by molar-refractivity contribution is 5.91. The van der Waals surface area contributed by atoms with Gasteiger partial charge in [0.25, 0.3) is 0 Å². The number of fused-ring (bicyclic) bond motifs is 1. The molecule has 0 aliphatic carbocycles. The summed E-state index contributed by atoms with van der Waals surface area (Å²) in [5.41, 5.74) is 2.69. The Morgan fingerprint density at radius 3 is 2.67 bits per heavy atom. The van der Waals surface area contributed by atoms with E-state index in [1.165, 1.54) is 0 Å². The monoisotopic (exact) mass is 371 g/mol. The van der Waals surface area contributed by atoms with Gasteiger partial charge in [-0.05, 0) is 58.5 Å². The molecule has 146 valence electrons. The SMILES string of the molecule is CNC(=O)CCNc1nc(NC2CCN(C)CC2)nc2nc(C)cc(C)c12. The van der Waals surface area contributed by atoms with Crippen molar-refractivity contribution in [1.82, 2.24) is 25.2 Å². The maximum absolute atomic E-state index is 11.5. The van der Waals surface area contributed by atoms with E-state index in [0.717, 1.165) is 48.4 Å². The van der Waals surface area contributed by atoms with Crippen LogP contribution in [0.3, 0.4) is 0 Å². The first-order valence-electron chi connectivity index (χ1n) is 9.52. The third kappa shape index (κ3) is 4.82. The smallest absolute Gasteiger partial charge is 0.226 e. The molecule has 1 fully saturated rings. The van der Waals surface area contributed by atoms with Crippen LogP contribution in [0.5, 0.6) is 0 Å². The molecule has 0 aromatic carbocycles. The molecule has 1 saturated heterocycles. The van der Waals surface area contributed by atoms with Crippen LogP contribution in [0.15, 0.2) is 6.07 Å². The first-order valence-corrected chi connectivity index (χ1v) is 9.52. The summed E-state index contributed by atoms with van der Waals surface area (Å²) in [6.45, 7) is 6.65. The van der Waals surface area contributed by atoms with Crippen LogP contribution >= 0.6 is 0 Å². The second-order valence-electron chi connectivity index (χ2n) is 7.25. The molecular weight excluding hydrogens is 342 g/mol. The normalized spacial score (nSPS) is 15.7. The van der Waals surface area contributed by atoms with E-state index in [1.807, 2.05) is 19.9 Å². The van der Waals surface area contributed by atoms with Gasteiger partial charge in [0.05, 0.1) is 5.39 Å². The summed E-state index contributed by atoms with van der Waals surface area (Å²) < 4.78 is 0. The Labute approximate surface area is 160 Å². The van der Waals surface area contributed by atoms with Crippen molar-refractivity contribution in [2.24, 2.45) is 0 Å². The van der Waals surface area contributed by atoms with Crippen LogP contribution in [0.2, 0.25) is 0 Å². The van der Waals surface area contributed by atoms with Crippen LogP contribution in [0.25, 0.3) is 11.0 Å². The van der Waals surface area contributed by atoms with Gasteiger partial charge in [0.1, 0.15) is 5.82 Å². The number of nitrogens with zero attached hydrogens (tertiary/aromatic N) is 4. The molecule has 3 rings (SSSR count). The molecule has 0 radical (unpaired) electrons. The van der Waals surface area contributed by atoms with E-state index in [-0.39, 0.29) is 5.91 Å². The lowest BCUT2D eigenvalue weighted by Crippen LogP contribution is -2.37. The molecule has 1 amide bonds. The molecule has 0 spiro atoms. The van der Waals surface area contributed by atoms with Crippen LogP contribution in [-0.2, 0) is 4.79 Å². The molecule has 0 saturated carbocycles. The van der Waals surface area contributed by atoms with E-state index in [4.69, 9.17) is 4.98 Å². The van der Waals surface area contributed by atoms with E-state index >= 15 is 0 Å². The summed E-state index contributed by atoms with van der Waals surface area (Å²) in [6, 6.07) is 2.39. The molecule has 0 bridgehead atoms. The van der Waals surface area contributed by atoms with Gasteiger partial charge in [-0.25, -0.2) is 4.98 Å². The van der Waals surface area contributed by atoms with Gasteiger partial charge in [0.15, 0.2) is 5.65 Å². The van der Waals surface area contributed by atoms with E-state index in [9.17, 15) is 4.79 Å². The molecule has 27 heavy (non-hydrogen) atoms.